The second-order valence-electron chi connectivity index (χ2n) is 2.72. The minimum absolute atomic E-state index is 0.889. The molecule has 0 heterocycles. The standard InChI is InChI=1S/C11H10Br2/c1-9-5-6-10(11(13)8-9)4-2-3-7-12/h5-6,8H,3,7H2,1H3. The Morgan fingerprint density at radius 3 is 2.77 bits per heavy atom. The Morgan fingerprint density at radius 2 is 2.15 bits per heavy atom. The largest absolute Gasteiger partial charge is 0.0970 e. The minimum atomic E-state index is 0.889. The first kappa shape index (κ1) is 10.8. The van der Waals surface area contributed by atoms with E-state index in [0.717, 1.165) is 21.8 Å². The lowest BCUT2D eigenvalue weighted by molar-refractivity contribution is 1.32. The molecule has 0 amide bonds. The fraction of sp³-hybridized carbons (Fsp3) is 0.273. The zero-order valence-corrected chi connectivity index (χ0v) is 10.6. The van der Waals surface area contributed by atoms with Crippen LogP contribution in [0.3, 0.4) is 0 Å². The molecule has 0 fully saturated rings. The van der Waals surface area contributed by atoms with E-state index in [9.17, 15) is 0 Å². The van der Waals surface area contributed by atoms with E-state index in [1.807, 2.05) is 6.07 Å². The molecule has 0 nitrogen and oxygen atoms in total. The van der Waals surface area contributed by atoms with Crippen LogP contribution in [0.5, 0.6) is 0 Å². The summed E-state index contributed by atoms with van der Waals surface area (Å²) in [6.45, 7) is 2.07. The SMILES string of the molecule is Cc1ccc(C#CCCBr)c(Br)c1. The second kappa shape index (κ2) is 5.47. The molecule has 0 saturated heterocycles. The number of halogens is 2. The lowest BCUT2D eigenvalue weighted by atomic mass is 10.1. The van der Waals surface area contributed by atoms with Crippen molar-refractivity contribution in [3.63, 3.8) is 0 Å². The normalized spacial score (nSPS) is 9.15. The number of aryl methyl sites for hydroxylation is 1. The third kappa shape index (κ3) is 3.54. The van der Waals surface area contributed by atoms with E-state index in [-0.39, 0.29) is 0 Å². The van der Waals surface area contributed by atoms with Crippen molar-refractivity contribution in [2.24, 2.45) is 0 Å². The molecule has 0 radical (unpaired) electrons. The summed E-state index contributed by atoms with van der Waals surface area (Å²) >= 11 is 6.82. The van der Waals surface area contributed by atoms with Crippen molar-refractivity contribution in [3.8, 4) is 11.8 Å². The molecule has 68 valence electrons. The molecule has 13 heavy (non-hydrogen) atoms. The van der Waals surface area contributed by atoms with Gasteiger partial charge in [-0.15, -0.1) is 0 Å². The van der Waals surface area contributed by atoms with Crippen molar-refractivity contribution in [3.05, 3.63) is 33.8 Å². The second-order valence-corrected chi connectivity index (χ2v) is 4.37. The predicted octanol–water partition coefficient (Wildman–Crippen LogP) is 3.89. The van der Waals surface area contributed by atoms with E-state index in [0.29, 0.717) is 0 Å². The van der Waals surface area contributed by atoms with Gasteiger partial charge in [-0.05, 0) is 40.5 Å². The molecule has 0 spiro atoms. The van der Waals surface area contributed by atoms with Crippen LogP contribution in [0.2, 0.25) is 0 Å². The van der Waals surface area contributed by atoms with E-state index in [4.69, 9.17) is 0 Å². The summed E-state index contributed by atoms with van der Waals surface area (Å²) in [4.78, 5) is 0. The van der Waals surface area contributed by atoms with Gasteiger partial charge < -0.3 is 0 Å². The van der Waals surface area contributed by atoms with E-state index in [1.54, 1.807) is 0 Å². The highest BCUT2D eigenvalue weighted by molar-refractivity contribution is 9.10. The Hall–Kier alpha value is -0.260. The van der Waals surface area contributed by atoms with Crippen LogP contribution < -0.4 is 0 Å². The summed E-state index contributed by atoms with van der Waals surface area (Å²) in [5, 5.41) is 0.934. The molecular weight excluding hydrogens is 292 g/mol. The predicted molar refractivity (Wildman–Crippen MR) is 64.2 cm³/mol. The van der Waals surface area contributed by atoms with Crippen LogP contribution in [0.15, 0.2) is 22.7 Å². The molecule has 0 saturated carbocycles. The molecular formula is C11H10Br2. The van der Waals surface area contributed by atoms with Crippen LogP contribution >= 0.6 is 31.9 Å². The van der Waals surface area contributed by atoms with Crippen LogP contribution in [-0.4, -0.2) is 5.33 Å². The number of hydrogen-bond donors (Lipinski definition) is 0. The van der Waals surface area contributed by atoms with E-state index >= 15 is 0 Å². The van der Waals surface area contributed by atoms with Gasteiger partial charge in [-0.3, -0.25) is 0 Å². The lowest BCUT2D eigenvalue weighted by Gasteiger charge is -1.96. The molecule has 0 aliphatic rings. The number of alkyl halides is 1. The molecule has 2 heteroatoms. The van der Waals surface area contributed by atoms with Crippen LogP contribution in [0.4, 0.5) is 0 Å². The highest BCUT2D eigenvalue weighted by Gasteiger charge is 1.94. The maximum absolute atomic E-state index is 3.48. The topological polar surface area (TPSA) is 0 Å². The van der Waals surface area contributed by atoms with Gasteiger partial charge in [0.1, 0.15) is 0 Å². The highest BCUT2D eigenvalue weighted by atomic mass is 79.9. The monoisotopic (exact) mass is 300 g/mol. The molecule has 0 aliphatic carbocycles. The van der Waals surface area contributed by atoms with Gasteiger partial charge in [-0.2, -0.15) is 0 Å². The maximum Gasteiger partial charge on any atom is 0.0387 e. The molecule has 1 aromatic rings. The smallest absolute Gasteiger partial charge is 0.0387 e. The van der Waals surface area contributed by atoms with Gasteiger partial charge in [0.2, 0.25) is 0 Å². The van der Waals surface area contributed by atoms with Crippen LogP contribution in [0.25, 0.3) is 0 Å². The molecule has 0 bridgehead atoms. The quantitative estimate of drug-likeness (QED) is 0.545. The number of rotatable bonds is 1. The summed E-state index contributed by atoms with van der Waals surface area (Å²) in [5.74, 6) is 6.20. The Labute approximate surface area is 96.0 Å². The van der Waals surface area contributed by atoms with Crippen molar-refractivity contribution in [2.75, 3.05) is 5.33 Å². The van der Waals surface area contributed by atoms with Gasteiger partial charge in [0, 0.05) is 21.8 Å². The molecule has 0 atom stereocenters. The first-order valence-electron chi connectivity index (χ1n) is 4.05. The molecule has 0 aromatic heterocycles. The zero-order valence-electron chi connectivity index (χ0n) is 7.40. The number of hydrogen-bond acceptors (Lipinski definition) is 0. The average molecular weight is 302 g/mol. The van der Waals surface area contributed by atoms with Gasteiger partial charge in [0.15, 0.2) is 0 Å². The molecule has 1 rings (SSSR count). The van der Waals surface area contributed by atoms with Crippen molar-refractivity contribution < 1.29 is 0 Å². The van der Waals surface area contributed by atoms with Crippen molar-refractivity contribution >= 4 is 31.9 Å². The Morgan fingerprint density at radius 1 is 1.38 bits per heavy atom. The van der Waals surface area contributed by atoms with Crippen molar-refractivity contribution in [1.82, 2.24) is 0 Å². The van der Waals surface area contributed by atoms with E-state index in [2.05, 4.69) is 62.8 Å². The van der Waals surface area contributed by atoms with Gasteiger partial charge in [0.05, 0.1) is 0 Å². The Balaban J connectivity index is 2.85. The van der Waals surface area contributed by atoms with Gasteiger partial charge in [-0.25, -0.2) is 0 Å². The third-order valence-corrected chi connectivity index (χ3v) is 2.62. The summed E-state index contributed by atoms with van der Waals surface area (Å²) in [6, 6.07) is 6.20. The number of benzene rings is 1. The van der Waals surface area contributed by atoms with E-state index < -0.39 is 0 Å². The van der Waals surface area contributed by atoms with Crippen LogP contribution in [0.1, 0.15) is 17.5 Å². The van der Waals surface area contributed by atoms with Crippen molar-refractivity contribution in [2.45, 2.75) is 13.3 Å². The average Bonchev–Trinajstić information content (AvgIpc) is 2.09. The molecule has 0 N–H and O–H groups in total. The van der Waals surface area contributed by atoms with Crippen LogP contribution in [0, 0.1) is 18.8 Å². The Kier molecular flexibility index (Phi) is 4.55. The van der Waals surface area contributed by atoms with Crippen molar-refractivity contribution in [1.29, 1.82) is 0 Å². The first-order valence-corrected chi connectivity index (χ1v) is 5.96. The molecule has 0 aliphatic heterocycles. The van der Waals surface area contributed by atoms with Gasteiger partial charge in [0.25, 0.3) is 0 Å². The maximum atomic E-state index is 3.48. The van der Waals surface area contributed by atoms with Crippen LogP contribution in [-0.2, 0) is 0 Å². The van der Waals surface area contributed by atoms with Gasteiger partial charge in [-0.1, -0.05) is 33.8 Å². The highest BCUT2D eigenvalue weighted by Crippen LogP contribution is 2.17. The van der Waals surface area contributed by atoms with Gasteiger partial charge >= 0.3 is 0 Å². The third-order valence-electron chi connectivity index (χ3n) is 1.57. The minimum Gasteiger partial charge on any atom is -0.0970 e. The van der Waals surface area contributed by atoms with E-state index in [1.165, 1.54) is 5.56 Å². The zero-order chi connectivity index (χ0) is 9.68. The fourth-order valence-corrected chi connectivity index (χ4v) is 1.72. The molecule has 0 unspecified atom stereocenters. The lowest BCUT2D eigenvalue weighted by Crippen LogP contribution is -1.79. The summed E-state index contributed by atoms with van der Waals surface area (Å²) < 4.78 is 1.08. The summed E-state index contributed by atoms with van der Waals surface area (Å²) in [7, 11) is 0. The molecule has 1 aromatic carbocycles. The fourth-order valence-electron chi connectivity index (χ4n) is 0.926. The summed E-state index contributed by atoms with van der Waals surface area (Å²) in [5.41, 5.74) is 2.31. The summed E-state index contributed by atoms with van der Waals surface area (Å²) in [6.07, 6.45) is 0.889. The Bertz CT molecular complexity index is 345. The first-order chi connectivity index (χ1) is 6.24.